The molecule has 3 aromatic rings. The fourth-order valence-electron chi connectivity index (χ4n) is 1.77. The SMILES string of the molecule is Nc1nc2sccn2c1S(=O)(=O)Nc1ccc(Cl)cc1. The Bertz CT molecular complexity index is 868. The predicted octanol–water partition coefficient (Wildman–Crippen LogP) is 2.43. The Labute approximate surface area is 123 Å². The van der Waals surface area contributed by atoms with E-state index in [-0.39, 0.29) is 10.8 Å². The summed E-state index contributed by atoms with van der Waals surface area (Å²) < 4.78 is 28.7. The van der Waals surface area contributed by atoms with Crippen molar-refractivity contribution >= 4 is 49.4 Å². The van der Waals surface area contributed by atoms with Gasteiger partial charge in [0.1, 0.15) is 0 Å². The molecule has 0 bridgehead atoms. The zero-order chi connectivity index (χ0) is 14.3. The summed E-state index contributed by atoms with van der Waals surface area (Å²) in [5, 5.41) is 2.20. The maximum atomic E-state index is 12.4. The molecule has 0 atom stereocenters. The van der Waals surface area contributed by atoms with Gasteiger partial charge in [0.05, 0.1) is 0 Å². The van der Waals surface area contributed by atoms with Crippen LogP contribution in [0.5, 0.6) is 0 Å². The number of halogens is 1. The van der Waals surface area contributed by atoms with Crippen LogP contribution < -0.4 is 10.5 Å². The molecule has 0 unspecified atom stereocenters. The van der Waals surface area contributed by atoms with Crippen LogP contribution in [0.25, 0.3) is 4.96 Å². The molecule has 3 rings (SSSR count). The Morgan fingerprint density at radius 1 is 1.30 bits per heavy atom. The maximum Gasteiger partial charge on any atom is 0.281 e. The van der Waals surface area contributed by atoms with Gasteiger partial charge in [-0.1, -0.05) is 11.6 Å². The number of fused-ring (bicyclic) bond motifs is 1. The van der Waals surface area contributed by atoms with Gasteiger partial charge < -0.3 is 5.73 Å². The Morgan fingerprint density at radius 2 is 2.00 bits per heavy atom. The van der Waals surface area contributed by atoms with E-state index in [9.17, 15) is 8.42 Å². The number of benzene rings is 1. The van der Waals surface area contributed by atoms with E-state index in [1.54, 1.807) is 35.8 Å². The number of rotatable bonds is 3. The molecule has 0 aliphatic carbocycles. The minimum atomic E-state index is -3.82. The third-order valence-electron chi connectivity index (χ3n) is 2.59. The molecular formula is C11H9ClN4O2S2. The van der Waals surface area contributed by atoms with Gasteiger partial charge in [0, 0.05) is 22.3 Å². The van der Waals surface area contributed by atoms with Crippen LogP contribution in [-0.2, 0) is 10.0 Å². The fourth-order valence-corrected chi connectivity index (χ4v) is 3.95. The lowest BCUT2D eigenvalue weighted by molar-refractivity contribution is 0.597. The molecule has 0 saturated carbocycles. The zero-order valence-corrected chi connectivity index (χ0v) is 12.3. The highest BCUT2D eigenvalue weighted by Gasteiger charge is 2.24. The number of nitrogens with zero attached hydrogens (tertiary/aromatic N) is 2. The van der Waals surface area contributed by atoms with Crippen molar-refractivity contribution in [3.8, 4) is 0 Å². The number of thiazole rings is 1. The van der Waals surface area contributed by atoms with Crippen LogP contribution in [0.2, 0.25) is 5.02 Å². The Kier molecular flexibility index (Phi) is 3.08. The molecule has 20 heavy (non-hydrogen) atoms. The Hall–Kier alpha value is -1.77. The maximum absolute atomic E-state index is 12.4. The van der Waals surface area contributed by atoms with E-state index in [1.165, 1.54) is 15.7 Å². The van der Waals surface area contributed by atoms with Crippen LogP contribution >= 0.6 is 22.9 Å². The number of aromatic nitrogens is 2. The first-order chi connectivity index (χ1) is 9.47. The van der Waals surface area contributed by atoms with Crippen molar-refractivity contribution in [3.05, 3.63) is 40.9 Å². The minimum absolute atomic E-state index is 0.0293. The highest BCUT2D eigenvalue weighted by atomic mass is 35.5. The summed E-state index contributed by atoms with van der Waals surface area (Å²) in [4.78, 5) is 4.54. The third kappa shape index (κ3) is 2.21. The summed E-state index contributed by atoms with van der Waals surface area (Å²) >= 11 is 7.07. The number of nitrogens with two attached hydrogens (primary N) is 1. The topological polar surface area (TPSA) is 89.5 Å². The molecule has 0 aliphatic heterocycles. The van der Waals surface area contributed by atoms with Crippen LogP contribution in [0.1, 0.15) is 0 Å². The molecule has 3 N–H and O–H groups in total. The van der Waals surface area contributed by atoms with Gasteiger partial charge in [0.15, 0.2) is 10.8 Å². The summed E-state index contributed by atoms with van der Waals surface area (Å²) in [5.41, 5.74) is 6.10. The molecule has 0 saturated heterocycles. The van der Waals surface area contributed by atoms with E-state index in [2.05, 4.69) is 9.71 Å². The zero-order valence-electron chi connectivity index (χ0n) is 9.95. The van der Waals surface area contributed by atoms with Gasteiger partial charge in [-0.05, 0) is 24.3 Å². The first-order valence-corrected chi connectivity index (χ1v) is 8.21. The van der Waals surface area contributed by atoms with Gasteiger partial charge >= 0.3 is 0 Å². The predicted molar refractivity (Wildman–Crippen MR) is 79.7 cm³/mol. The molecular weight excluding hydrogens is 320 g/mol. The molecule has 1 aromatic carbocycles. The van der Waals surface area contributed by atoms with E-state index >= 15 is 0 Å². The summed E-state index contributed by atoms with van der Waals surface area (Å²) in [6.45, 7) is 0. The van der Waals surface area contributed by atoms with Crippen molar-refractivity contribution in [2.45, 2.75) is 5.03 Å². The quantitative estimate of drug-likeness (QED) is 0.772. The summed E-state index contributed by atoms with van der Waals surface area (Å²) in [7, 11) is -3.82. The van der Waals surface area contributed by atoms with Gasteiger partial charge in [0.25, 0.3) is 10.0 Å². The summed E-state index contributed by atoms with van der Waals surface area (Å²) in [6.07, 6.45) is 1.61. The van der Waals surface area contributed by atoms with Gasteiger partial charge in [0.2, 0.25) is 5.03 Å². The lowest BCUT2D eigenvalue weighted by Crippen LogP contribution is -2.16. The molecule has 0 spiro atoms. The highest BCUT2D eigenvalue weighted by molar-refractivity contribution is 7.92. The van der Waals surface area contributed by atoms with Gasteiger partial charge in [-0.15, -0.1) is 11.3 Å². The van der Waals surface area contributed by atoms with E-state index in [4.69, 9.17) is 17.3 Å². The highest BCUT2D eigenvalue weighted by Crippen LogP contribution is 2.25. The first-order valence-electron chi connectivity index (χ1n) is 5.47. The van der Waals surface area contributed by atoms with Crippen molar-refractivity contribution in [1.82, 2.24) is 9.38 Å². The molecule has 2 aromatic heterocycles. The number of imidazole rings is 1. The summed E-state index contributed by atoms with van der Waals surface area (Å²) in [6, 6.07) is 6.34. The second-order valence-corrected chi connectivity index (χ2v) is 6.88. The smallest absolute Gasteiger partial charge is 0.281 e. The van der Waals surface area contributed by atoms with E-state index in [0.29, 0.717) is 15.7 Å². The Morgan fingerprint density at radius 3 is 2.70 bits per heavy atom. The van der Waals surface area contributed by atoms with Crippen molar-refractivity contribution in [3.63, 3.8) is 0 Å². The molecule has 0 fully saturated rings. The molecule has 6 nitrogen and oxygen atoms in total. The molecule has 9 heteroatoms. The van der Waals surface area contributed by atoms with Crippen LogP contribution in [0.4, 0.5) is 11.5 Å². The normalized spacial score (nSPS) is 11.8. The molecule has 0 aliphatic rings. The lowest BCUT2D eigenvalue weighted by Gasteiger charge is -2.07. The largest absolute Gasteiger partial charge is 0.381 e. The number of hydrogen-bond acceptors (Lipinski definition) is 5. The molecule has 0 amide bonds. The van der Waals surface area contributed by atoms with Crippen molar-refractivity contribution in [1.29, 1.82) is 0 Å². The van der Waals surface area contributed by atoms with Crippen LogP contribution in [0.15, 0.2) is 40.9 Å². The van der Waals surface area contributed by atoms with E-state index in [0.717, 1.165) is 0 Å². The van der Waals surface area contributed by atoms with Crippen LogP contribution in [0, 0.1) is 0 Å². The third-order valence-corrected chi connectivity index (χ3v) is 5.02. The number of anilines is 2. The monoisotopic (exact) mass is 328 g/mol. The number of nitrogens with one attached hydrogen (secondary N) is 1. The average Bonchev–Trinajstić information content (AvgIpc) is 2.91. The number of nitrogen functional groups attached to an aromatic ring is 1. The fraction of sp³-hybridized carbons (Fsp3) is 0. The number of hydrogen-bond donors (Lipinski definition) is 2. The van der Waals surface area contributed by atoms with E-state index in [1.807, 2.05) is 0 Å². The first kappa shape index (κ1) is 13.2. The van der Waals surface area contributed by atoms with Gasteiger partial charge in [-0.2, -0.15) is 8.42 Å². The van der Waals surface area contributed by atoms with Crippen LogP contribution in [-0.4, -0.2) is 17.8 Å². The van der Waals surface area contributed by atoms with Crippen LogP contribution in [0.3, 0.4) is 0 Å². The van der Waals surface area contributed by atoms with Crippen molar-refractivity contribution in [2.75, 3.05) is 10.5 Å². The second kappa shape index (κ2) is 4.65. The lowest BCUT2D eigenvalue weighted by atomic mass is 10.3. The van der Waals surface area contributed by atoms with Crippen molar-refractivity contribution in [2.24, 2.45) is 0 Å². The van der Waals surface area contributed by atoms with Gasteiger partial charge in [-0.25, -0.2) is 4.98 Å². The molecule has 104 valence electrons. The summed E-state index contributed by atoms with van der Waals surface area (Å²) in [5.74, 6) is -0.0293. The average molecular weight is 329 g/mol. The Balaban J connectivity index is 2.05. The molecule has 0 radical (unpaired) electrons. The van der Waals surface area contributed by atoms with Crippen molar-refractivity contribution < 1.29 is 8.42 Å². The second-order valence-electron chi connectivity index (χ2n) is 3.97. The van der Waals surface area contributed by atoms with E-state index < -0.39 is 10.0 Å². The minimum Gasteiger partial charge on any atom is -0.381 e. The van der Waals surface area contributed by atoms with Gasteiger partial charge in [-0.3, -0.25) is 9.12 Å². The molecule has 2 heterocycles. The standard InChI is InChI=1S/C11H9ClN4O2S2/c12-7-1-3-8(4-2-7)15-20(17,18)10-9(13)14-11-16(10)5-6-19-11/h1-6,15H,13H2. The number of sulfonamides is 1.